The van der Waals surface area contributed by atoms with Crippen molar-refractivity contribution >= 4 is 34.8 Å². The van der Waals surface area contributed by atoms with Gasteiger partial charge >= 0.3 is 0 Å². The average molecular weight is 275 g/mol. The Kier molecular flexibility index (Phi) is 4.42. The van der Waals surface area contributed by atoms with Gasteiger partial charge in [0, 0.05) is 5.02 Å². The summed E-state index contributed by atoms with van der Waals surface area (Å²) in [6.45, 7) is 5.71. The number of halogens is 2. The van der Waals surface area contributed by atoms with Crippen LogP contribution in [0.15, 0.2) is 18.2 Å². The molecule has 0 aliphatic rings. The molecule has 3 N–H and O–H groups in total. The zero-order valence-corrected chi connectivity index (χ0v) is 11.6. The molecule has 0 radical (unpaired) electrons. The van der Waals surface area contributed by atoms with Crippen molar-refractivity contribution in [2.24, 2.45) is 11.1 Å². The molecular weight excluding hydrogens is 259 g/mol. The van der Waals surface area contributed by atoms with Gasteiger partial charge in [0.1, 0.15) is 0 Å². The SMILES string of the molecule is CC(C)(C)[C@H](N)C(=O)Nc1ccc(Cl)cc1Cl. The van der Waals surface area contributed by atoms with Crippen molar-refractivity contribution in [3.05, 3.63) is 28.2 Å². The summed E-state index contributed by atoms with van der Waals surface area (Å²) in [4.78, 5) is 11.9. The maximum Gasteiger partial charge on any atom is 0.241 e. The molecule has 0 heterocycles. The fourth-order valence-corrected chi connectivity index (χ4v) is 1.65. The second-order valence-electron chi connectivity index (χ2n) is 4.96. The Balaban J connectivity index is 2.82. The Morgan fingerprint density at radius 3 is 2.41 bits per heavy atom. The summed E-state index contributed by atoms with van der Waals surface area (Å²) < 4.78 is 0. The van der Waals surface area contributed by atoms with E-state index >= 15 is 0 Å². The highest BCUT2D eigenvalue weighted by Gasteiger charge is 2.27. The predicted molar refractivity (Wildman–Crippen MR) is 72.5 cm³/mol. The molecule has 0 saturated heterocycles. The van der Waals surface area contributed by atoms with Gasteiger partial charge in [-0.05, 0) is 23.6 Å². The number of nitrogens with one attached hydrogen (secondary N) is 1. The Morgan fingerprint density at radius 1 is 1.35 bits per heavy atom. The highest BCUT2D eigenvalue weighted by atomic mass is 35.5. The summed E-state index contributed by atoms with van der Waals surface area (Å²) in [5.41, 5.74) is 6.05. The third kappa shape index (κ3) is 3.87. The number of carbonyl (C=O) groups excluding carboxylic acids is 1. The van der Waals surface area contributed by atoms with E-state index < -0.39 is 6.04 Å². The molecule has 5 heteroatoms. The number of amides is 1. The molecule has 0 aliphatic carbocycles. The van der Waals surface area contributed by atoms with E-state index in [0.29, 0.717) is 15.7 Å². The van der Waals surface area contributed by atoms with Crippen LogP contribution in [0.25, 0.3) is 0 Å². The van der Waals surface area contributed by atoms with E-state index in [-0.39, 0.29) is 11.3 Å². The molecule has 1 aromatic rings. The van der Waals surface area contributed by atoms with Gasteiger partial charge in [-0.15, -0.1) is 0 Å². The fraction of sp³-hybridized carbons (Fsp3) is 0.417. The third-order valence-electron chi connectivity index (χ3n) is 2.40. The van der Waals surface area contributed by atoms with Gasteiger partial charge < -0.3 is 11.1 Å². The summed E-state index contributed by atoms with van der Waals surface area (Å²) >= 11 is 11.7. The van der Waals surface area contributed by atoms with Crippen LogP contribution in [0.2, 0.25) is 10.0 Å². The number of rotatable bonds is 2. The maximum absolute atomic E-state index is 11.9. The van der Waals surface area contributed by atoms with Gasteiger partial charge in [0.25, 0.3) is 0 Å². The zero-order chi connectivity index (χ0) is 13.2. The molecule has 0 aliphatic heterocycles. The van der Waals surface area contributed by atoms with Crippen LogP contribution in [0.4, 0.5) is 5.69 Å². The summed E-state index contributed by atoms with van der Waals surface area (Å²) in [5.74, 6) is -0.262. The van der Waals surface area contributed by atoms with Gasteiger partial charge in [0.2, 0.25) is 5.91 Å². The van der Waals surface area contributed by atoms with Crippen LogP contribution in [-0.4, -0.2) is 11.9 Å². The van der Waals surface area contributed by atoms with Crippen molar-refractivity contribution in [2.45, 2.75) is 26.8 Å². The Morgan fingerprint density at radius 2 is 1.94 bits per heavy atom. The van der Waals surface area contributed by atoms with Crippen LogP contribution in [-0.2, 0) is 4.79 Å². The lowest BCUT2D eigenvalue weighted by molar-refractivity contribution is -0.119. The molecule has 0 bridgehead atoms. The van der Waals surface area contributed by atoms with E-state index in [1.54, 1.807) is 18.2 Å². The molecular formula is C12H16Cl2N2O. The molecule has 1 rings (SSSR count). The van der Waals surface area contributed by atoms with Crippen molar-refractivity contribution < 1.29 is 4.79 Å². The summed E-state index contributed by atoms with van der Waals surface area (Å²) in [7, 11) is 0. The number of hydrogen-bond acceptors (Lipinski definition) is 2. The average Bonchev–Trinajstić information content (AvgIpc) is 2.19. The standard InChI is InChI=1S/C12H16Cl2N2O/c1-12(2,3)10(15)11(17)16-9-5-4-7(13)6-8(9)14/h4-6,10H,15H2,1-3H3,(H,16,17)/t10-/m1/s1. The van der Waals surface area contributed by atoms with Crippen molar-refractivity contribution in [1.29, 1.82) is 0 Å². The number of carbonyl (C=O) groups is 1. The Labute approximate surface area is 111 Å². The molecule has 0 spiro atoms. The lowest BCUT2D eigenvalue weighted by atomic mass is 9.87. The van der Waals surface area contributed by atoms with Crippen molar-refractivity contribution in [1.82, 2.24) is 0 Å². The monoisotopic (exact) mass is 274 g/mol. The third-order valence-corrected chi connectivity index (χ3v) is 2.95. The topological polar surface area (TPSA) is 55.1 Å². The second-order valence-corrected chi connectivity index (χ2v) is 5.80. The first kappa shape index (κ1) is 14.3. The van der Waals surface area contributed by atoms with Gasteiger partial charge in [0.15, 0.2) is 0 Å². The van der Waals surface area contributed by atoms with Crippen LogP contribution in [0.1, 0.15) is 20.8 Å². The number of nitrogens with two attached hydrogens (primary N) is 1. The molecule has 1 amide bonds. The minimum Gasteiger partial charge on any atom is -0.323 e. The van der Waals surface area contributed by atoms with E-state index in [2.05, 4.69) is 5.32 Å². The minimum atomic E-state index is -0.603. The van der Waals surface area contributed by atoms with Crippen LogP contribution in [0.5, 0.6) is 0 Å². The van der Waals surface area contributed by atoms with E-state index in [1.807, 2.05) is 20.8 Å². The smallest absolute Gasteiger partial charge is 0.241 e. The lowest BCUT2D eigenvalue weighted by Crippen LogP contribution is -2.45. The molecule has 1 aromatic carbocycles. The van der Waals surface area contributed by atoms with Gasteiger partial charge in [-0.2, -0.15) is 0 Å². The molecule has 0 aromatic heterocycles. The maximum atomic E-state index is 11.9. The first-order chi connectivity index (χ1) is 7.71. The fourth-order valence-electron chi connectivity index (χ4n) is 1.19. The first-order valence-electron chi connectivity index (χ1n) is 5.23. The van der Waals surface area contributed by atoms with E-state index in [0.717, 1.165) is 0 Å². The van der Waals surface area contributed by atoms with E-state index in [1.165, 1.54) is 0 Å². The molecule has 0 saturated carbocycles. The van der Waals surface area contributed by atoms with Crippen molar-refractivity contribution in [2.75, 3.05) is 5.32 Å². The van der Waals surface area contributed by atoms with E-state index in [4.69, 9.17) is 28.9 Å². The largest absolute Gasteiger partial charge is 0.323 e. The molecule has 94 valence electrons. The Bertz CT molecular complexity index is 427. The van der Waals surface area contributed by atoms with Crippen LogP contribution < -0.4 is 11.1 Å². The highest BCUT2D eigenvalue weighted by Crippen LogP contribution is 2.26. The lowest BCUT2D eigenvalue weighted by Gasteiger charge is -2.26. The van der Waals surface area contributed by atoms with Gasteiger partial charge in [-0.3, -0.25) is 4.79 Å². The van der Waals surface area contributed by atoms with Crippen molar-refractivity contribution in [3.8, 4) is 0 Å². The molecule has 0 unspecified atom stereocenters. The first-order valence-corrected chi connectivity index (χ1v) is 5.99. The van der Waals surface area contributed by atoms with Gasteiger partial charge in [-0.25, -0.2) is 0 Å². The molecule has 0 fully saturated rings. The number of hydrogen-bond donors (Lipinski definition) is 2. The number of benzene rings is 1. The second kappa shape index (κ2) is 5.25. The molecule has 17 heavy (non-hydrogen) atoms. The van der Waals surface area contributed by atoms with Crippen LogP contribution in [0, 0.1) is 5.41 Å². The summed E-state index contributed by atoms with van der Waals surface area (Å²) in [5, 5.41) is 3.61. The minimum absolute atomic E-state index is 0.262. The summed E-state index contributed by atoms with van der Waals surface area (Å²) in [6, 6.07) is 4.28. The summed E-state index contributed by atoms with van der Waals surface area (Å²) in [6.07, 6.45) is 0. The van der Waals surface area contributed by atoms with Crippen LogP contribution >= 0.6 is 23.2 Å². The molecule has 3 nitrogen and oxygen atoms in total. The van der Waals surface area contributed by atoms with Crippen molar-refractivity contribution in [3.63, 3.8) is 0 Å². The highest BCUT2D eigenvalue weighted by molar-refractivity contribution is 6.36. The zero-order valence-electron chi connectivity index (χ0n) is 10.1. The number of anilines is 1. The Hall–Kier alpha value is -0.770. The quantitative estimate of drug-likeness (QED) is 0.870. The van der Waals surface area contributed by atoms with E-state index in [9.17, 15) is 4.79 Å². The van der Waals surface area contributed by atoms with Gasteiger partial charge in [0.05, 0.1) is 16.8 Å². The van der Waals surface area contributed by atoms with Crippen LogP contribution in [0.3, 0.4) is 0 Å². The van der Waals surface area contributed by atoms with Gasteiger partial charge in [-0.1, -0.05) is 44.0 Å². The normalized spacial score (nSPS) is 13.3. The molecule has 1 atom stereocenters. The predicted octanol–water partition coefficient (Wildman–Crippen LogP) is 3.31.